The van der Waals surface area contributed by atoms with Crippen LogP contribution in [0.2, 0.25) is 0 Å². The van der Waals surface area contributed by atoms with Crippen LogP contribution in [-0.4, -0.2) is 60.5 Å². The minimum Gasteiger partial charge on any atom is -0.485 e. The molecule has 3 aliphatic rings. The van der Waals surface area contributed by atoms with Gasteiger partial charge in [0.15, 0.2) is 11.5 Å². The summed E-state index contributed by atoms with van der Waals surface area (Å²) in [5, 5.41) is 0. The van der Waals surface area contributed by atoms with Crippen molar-refractivity contribution in [3.8, 4) is 21.9 Å². The van der Waals surface area contributed by atoms with Crippen LogP contribution in [0.25, 0.3) is 10.4 Å². The van der Waals surface area contributed by atoms with Crippen molar-refractivity contribution < 1.29 is 19.1 Å². The Bertz CT molecular complexity index is 1230. The molecule has 1 aliphatic carbocycles. The number of fused-ring (bicyclic) bond motifs is 4. The van der Waals surface area contributed by atoms with Crippen molar-refractivity contribution in [3.05, 3.63) is 70.6 Å². The largest absolute Gasteiger partial charge is 0.485 e. The van der Waals surface area contributed by atoms with Gasteiger partial charge in [0.1, 0.15) is 6.61 Å². The molecule has 3 aromatic rings. The summed E-state index contributed by atoms with van der Waals surface area (Å²) in [7, 11) is 0. The lowest BCUT2D eigenvalue weighted by atomic mass is 9.91. The Labute approximate surface area is 196 Å². The molecule has 1 aromatic heterocycles. The molecule has 0 bridgehead atoms. The molecule has 6 nitrogen and oxygen atoms in total. The quantitative estimate of drug-likeness (QED) is 0.586. The molecule has 3 heterocycles. The molecule has 168 valence electrons. The van der Waals surface area contributed by atoms with Crippen LogP contribution in [0.1, 0.15) is 20.8 Å². The number of amides is 2. The average molecular weight is 461 g/mol. The van der Waals surface area contributed by atoms with Crippen molar-refractivity contribution in [1.29, 1.82) is 0 Å². The van der Waals surface area contributed by atoms with Gasteiger partial charge in [-0.3, -0.25) is 9.59 Å². The van der Waals surface area contributed by atoms with Gasteiger partial charge >= 0.3 is 0 Å². The van der Waals surface area contributed by atoms with Crippen molar-refractivity contribution in [2.24, 2.45) is 0 Å². The summed E-state index contributed by atoms with van der Waals surface area (Å²) in [5.41, 5.74) is 3.88. The number of rotatable bonds is 2. The Balaban J connectivity index is 1.10. The Hall–Kier alpha value is -3.32. The maximum Gasteiger partial charge on any atom is 0.267 e. The van der Waals surface area contributed by atoms with Gasteiger partial charge in [-0.05, 0) is 47.7 Å². The molecular formula is C26H24N2O4S. The zero-order valence-electron chi connectivity index (χ0n) is 18.2. The number of aryl methyl sites for hydroxylation is 2. The number of hydrogen-bond donors (Lipinski definition) is 0. The second kappa shape index (κ2) is 8.23. The molecule has 0 unspecified atom stereocenters. The Morgan fingerprint density at radius 1 is 0.848 bits per heavy atom. The molecule has 1 saturated heterocycles. The van der Waals surface area contributed by atoms with Gasteiger partial charge in [0.05, 0.1) is 4.88 Å². The monoisotopic (exact) mass is 460 g/mol. The van der Waals surface area contributed by atoms with Crippen molar-refractivity contribution in [2.45, 2.75) is 18.9 Å². The molecule has 33 heavy (non-hydrogen) atoms. The molecule has 2 aromatic carbocycles. The van der Waals surface area contributed by atoms with Gasteiger partial charge in [-0.15, -0.1) is 11.3 Å². The van der Waals surface area contributed by atoms with E-state index in [1.165, 1.54) is 21.6 Å². The second-order valence-electron chi connectivity index (χ2n) is 8.60. The normalized spacial score (nSPS) is 19.0. The van der Waals surface area contributed by atoms with Crippen LogP contribution in [0.15, 0.2) is 54.6 Å². The fourth-order valence-electron chi connectivity index (χ4n) is 4.81. The minimum absolute atomic E-state index is 0.0603. The van der Waals surface area contributed by atoms with Gasteiger partial charge in [-0.2, -0.15) is 0 Å². The van der Waals surface area contributed by atoms with Crippen LogP contribution >= 0.6 is 11.3 Å². The van der Waals surface area contributed by atoms with Crippen molar-refractivity contribution in [1.82, 2.24) is 9.80 Å². The Morgan fingerprint density at radius 2 is 1.55 bits per heavy atom. The maximum atomic E-state index is 13.2. The standard InChI is InChI=1S/C26H24N2O4S/c29-25(22-16-31-20-7-3-4-8-21(20)32-22)27-11-13-28(14-12-27)26(30)23-15-18-10-9-17-5-1-2-6-19(17)24(18)33-23/h1-8,15,22H,9-14,16H2/t22-/m1/s1. The number of hydrogen-bond acceptors (Lipinski definition) is 5. The molecule has 1 fully saturated rings. The number of thiophene rings is 1. The van der Waals surface area contributed by atoms with Gasteiger partial charge in [0, 0.05) is 31.1 Å². The number of nitrogens with zero attached hydrogens (tertiary/aromatic N) is 2. The zero-order valence-corrected chi connectivity index (χ0v) is 19.0. The van der Waals surface area contributed by atoms with E-state index in [9.17, 15) is 9.59 Å². The van der Waals surface area contributed by atoms with Crippen LogP contribution in [0.3, 0.4) is 0 Å². The molecule has 0 saturated carbocycles. The molecule has 0 N–H and O–H groups in total. The van der Waals surface area contributed by atoms with E-state index >= 15 is 0 Å². The highest BCUT2D eigenvalue weighted by atomic mass is 32.1. The van der Waals surface area contributed by atoms with Crippen LogP contribution in [0, 0.1) is 0 Å². The van der Waals surface area contributed by atoms with E-state index in [0.29, 0.717) is 37.7 Å². The summed E-state index contributed by atoms with van der Waals surface area (Å²) in [6.45, 7) is 2.25. The minimum atomic E-state index is -0.647. The molecule has 7 heteroatoms. The SMILES string of the molecule is O=C(c1cc2c(s1)-c1ccccc1CC2)N1CCN(C(=O)[C@H]2COc3ccccc3O2)CC1. The lowest BCUT2D eigenvalue weighted by Gasteiger charge is -2.37. The lowest BCUT2D eigenvalue weighted by Crippen LogP contribution is -2.55. The Kier molecular flexibility index (Phi) is 5.06. The van der Waals surface area contributed by atoms with Gasteiger partial charge in [0.25, 0.3) is 11.8 Å². The first-order chi connectivity index (χ1) is 16.2. The number of para-hydroxylation sites is 2. The molecule has 1 atom stereocenters. The number of ether oxygens (including phenoxy) is 2. The second-order valence-corrected chi connectivity index (χ2v) is 9.66. The first-order valence-electron chi connectivity index (χ1n) is 11.3. The number of carbonyl (C=O) groups is 2. The summed E-state index contributed by atoms with van der Waals surface area (Å²) < 4.78 is 11.6. The van der Waals surface area contributed by atoms with E-state index in [4.69, 9.17) is 9.47 Å². The van der Waals surface area contributed by atoms with E-state index in [1.807, 2.05) is 29.2 Å². The van der Waals surface area contributed by atoms with Crippen LogP contribution < -0.4 is 9.47 Å². The third-order valence-electron chi connectivity index (χ3n) is 6.61. The first kappa shape index (κ1) is 20.3. The van der Waals surface area contributed by atoms with Crippen molar-refractivity contribution in [3.63, 3.8) is 0 Å². The van der Waals surface area contributed by atoms with Gasteiger partial charge in [0.2, 0.25) is 6.10 Å². The highest BCUT2D eigenvalue weighted by Gasteiger charge is 2.34. The molecule has 2 aliphatic heterocycles. The molecule has 0 spiro atoms. The van der Waals surface area contributed by atoms with Crippen LogP contribution in [0.4, 0.5) is 0 Å². The van der Waals surface area contributed by atoms with E-state index in [-0.39, 0.29) is 18.4 Å². The predicted molar refractivity (Wildman–Crippen MR) is 126 cm³/mol. The predicted octanol–water partition coefficient (Wildman–Crippen LogP) is 3.64. The van der Waals surface area contributed by atoms with Crippen LogP contribution in [0.5, 0.6) is 11.5 Å². The molecular weight excluding hydrogens is 436 g/mol. The summed E-state index contributed by atoms with van der Waals surface area (Å²) >= 11 is 1.59. The van der Waals surface area contributed by atoms with E-state index < -0.39 is 6.10 Å². The summed E-state index contributed by atoms with van der Waals surface area (Å²) in [6, 6.07) is 17.9. The summed E-state index contributed by atoms with van der Waals surface area (Å²) in [5.74, 6) is 1.24. The highest BCUT2D eigenvalue weighted by molar-refractivity contribution is 7.17. The van der Waals surface area contributed by atoms with Gasteiger partial charge < -0.3 is 19.3 Å². The topological polar surface area (TPSA) is 59.1 Å². The van der Waals surface area contributed by atoms with E-state index in [1.54, 1.807) is 16.2 Å². The highest BCUT2D eigenvalue weighted by Crippen LogP contribution is 2.40. The smallest absolute Gasteiger partial charge is 0.267 e. The Morgan fingerprint density at radius 3 is 2.39 bits per heavy atom. The fourth-order valence-corrected chi connectivity index (χ4v) is 6.05. The first-order valence-corrected chi connectivity index (χ1v) is 12.2. The molecule has 2 amide bonds. The fraction of sp³-hybridized carbons (Fsp3) is 0.308. The lowest BCUT2D eigenvalue weighted by molar-refractivity contribution is -0.142. The summed E-state index contributed by atoms with van der Waals surface area (Å²) in [4.78, 5) is 31.9. The number of benzene rings is 2. The van der Waals surface area contributed by atoms with Gasteiger partial charge in [-0.25, -0.2) is 0 Å². The number of carbonyl (C=O) groups excluding carboxylic acids is 2. The molecule has 0 radical (unpaired) electrons. The van der Waals surface area contributed by atoms with Crippen LogP contribution in [-0.2, 0) is 17.6 Å². The van der Waals surface area contributed by atoms with Gasteiger partial charge in [-0.1, -0.05) is 36.4 Å². The summed E-state index contributed by atoms with van der Waals surface area (Å²) in [6.07, 6.45) is 1.35. The van der Waals surface area contributed by atoms with E-state index in [2.05, 4.69) is 30.3 Å². The van der Waals surface area contributed by atoms with Crippen molar-refractivity contribution in [2.75, 3.05) is 32.8 Å². The number of piperazine rings is 1. The average Bonchev–Trinajstić information content (AvgIpc) is 3.33. The van der Waals surface area contributed by atoms with Crippen molar-refractivity contribution >= 4 is 23.2 Å². The third-order valence-corrected chi connectivity index (χ3v) is 7.81. The maximum absolute atomic E-state index is 13.2. The zero-order chi connectivity index (χ0) is 22.4. The third kappa shape index (κ3) is 3.66. The van der Waals surface area contributed by atoms with E-state index in [0.717, 1.165) is 17.7 Å². The molecule has 6 rings (SSSR count).